The van der Waals surface area contributed by atoms with Crippen molar-refractivity contribution in [1.29, 1.82) is 0 Å². The highest BCUT2D eigenvalue weighted by molar-refractivity contribution is 5.95. The lowest BCUT2D eigenvalue weighted by Crippen LogP contribution is -2.35. The Kier molecular flexibility index (Phi) is 6.24. The number of rotatable bonds is 5. The number of nitrogens with two attached hydrogens (primary N) is 1. The molecular formula is C16H26N4O3. The molecule has 0 aliphatic rings. The van der Waals surface area contributed by atoms with Crippen molar-refractivity contribution in [3.8, 4) is 0 Å². The molecule has 2 amide bonds. The van der Waals surface area contributed by atoms with Crippen LogP contribution in [-0.4, -0.2) is 49.7 Å². The third kappa shape index (κ3) is 6.46. The molecule has 7 heteroatoms. The number of carbonyl (C=O) groups is 2. The summed E-state index contributed by atoms with van der Waals surface area (Å²) in [5.41, 5.74) is 7.15. The number of nitrogen functional groups attached to an aromatic ring is 1. The van der Waals surface area contributed by atoms with Crippen molar-refractivity contribution in [2.75, 3.05) is 38.2 Å². The van der Waals surface area contributed by atoms with Crippen LogP contribution in [0.15, 0.2) is 18.2 Å². The van der Waals surface area contributed by atoms with Gasteiger partial charge in [-0.3, -0.25) is 4.79 Å². The number of benzene rings is 1. The average Bonchev–Trinajstić information content (AvgIpc) is 2.42. The molecule has 7 nitrogen and oxygen atoms in total. The molecule has 1 aromatic carbocycles. The lowest BCUT2D eigenvalue weighted by molar-refractivity contribution is 0.0530. The first-order valence-corrected chi connectivity index (χ1v) is 7.42. The molecule has 128 valence electrons. The van der Waals surface area contributed by atoms with Crippen LogP contribution in [0, 0.1) is 0 Å². The summed E-state index contributed by atoms with van der Waals surface area (Å²) in [6.45, 7) is 6.31. The Labute approximate surface area is 137 Å². The third-order valence-corrected chi connectivity index (χ3v) is 2.81. The van der Waals surface area contributed by atoms with Gasteiger partial charge >= 0.3 is 6.09 Å². The Morgan fingerprint density at radius 1 is 1.22 bits per heavy atom. The largest absolute Gasteiger partial charge is 0.444 e. The maximum absolute atomic E-state index is 11.8. The summed E-state index contributed by atoms with van der Waals surface area (Å²) in [6.07, 6.45) is -0.459. The van der Waals surface area contributed by atoms with Crippen molar-refractivity contribution >= 4 is 23.4 Å². The van der Waals surface area contributed by atoms with Gasteiger partial charge in [-0.1, -0.05) is 0 Å². The first kappa shape index (κ1) is 18.6. The molecule has 4 N–H and O–H groups in total. The van der Waals surface area contributed by atoms with Crippen LogP contribution in [0.2, 0.25) is 0 Å². The van der Waals surface area contributed by atoms with Crippen molar-refractivity contribution in [3.05, 3.63) is 23.8 Å². The van der Waals surface area contributed by atoms with Gasteiger partial charge in [-0.15, -0.1) is 0 Å². The standard InChI is InChI=1S/C16H26N4O3/c1-16(2,3)23-15(22)19-9-8-18-13-7-6-11(10-12(13)17)14(21)20(4)5/h6-7,10,18H,8-9,17H2,1-5H3,(H,19,22). The summed E-state index contributed by atoms with van der Waals surface area (Å²) < 4.78 is 5.13. The van der Waals surface area contributed by atoms with E-state index in [4.69, 9.17) is 10.5 Å². The maximum atomic E-state index is 11.8. The van der Waals surface area contributed by atoms with Gasteiger partial charge in [0.15, 0.2) is 0 Å². The molecule has 0 aliphatic heterocycles. The summed E-state index contributed by atoms with van der Waals surface area (Å²) in [6, 6.07) is 5.09. The van der Waals surface area contributed by atoms with Crippen molar-refractivity contribution in [2.45, 2.75) is 26.4 Å². The van der Waals surface area contributed by atoms with E-state index in [1.165, 1.54) is 4.90 Å². The number of alkyl carbamates (subject to hydrolysis) is 1. The SMILES string of the molecule is CN(C)C(=O)c1ccc(NCCNC(=O)OC(C)(C)C)c(N)c1. The quantitative estimate of drug-likeness (QED) is 0.568. The van der Waals surface area contributed by atoms with Crippen LogP contribution in [0.1, 0.15) is 31.1 Å². The molecule has 0 unspecified atom stereocenters. The van der Waals surface area contributed by atoms with Gasteiger partial charge in [0.1, 0.15) is 5.60 Å². The highest BCUT2D eigenvalue weighted by Gasteiger charge is 2.15. The summed E-state index contributed by atoms with van der Waals surface area (Å²) in [4.78, 5) is 24.8. The van der Waals surface area contributed by atoms with E-state index in [0.717, 1.165) is 0 Å². The van der Waals surface area contributed by atoms with Gasteiger partial charge in [0.2, 0.25) is 0 Å². The molecule has 0 fully saturated rings. The average molecular weight is 322 g/mol. The van der Waals surface area contributed by atoms with Crippen molar-refractivity contribution in [1.82, 2.24) is 10.2 Å². The number of nitrogens with zero attached hydrogens (tertiary/aromatic N) is 1. The second-order valence-corrected chi connectivity index (χ2v) is 6.36. The molecule has 0 aromatic heterocycles. The molecule has 0 atom stereocenters. The first-order chi connectivity index (χ1) is 10.6. The highest BCUT2D eigenvalue weighted by Crippen LogP contribution is 2.20. The number of hydrogen-bond acceptors (Lipinski definition) is 5. The summed E-state index contributed by atoms with van der Waals surface area (Å²) in [7, 11) is 3.38. The van der Waals surface area contributed by atoms with Gasteiger partial charge < -0.3 is 26.0 Å². The minimum absolute atomic E-state index is 0.102. The molecule has 1 rings (SSSR count). The Hall–Kier alpha value is -2.44. The molecule has 1 aromatic rings. The molecule has 0 heterocycles. The molecule has 0 bridgehead atoms. The van der Waals surface area contributed by atoms with E-state index in [1.807, 2.05) is 20.8 Å². The summed E-state index contributed by atoms with van der Waals surface area (Å²) >= 11 is 0. The Morgan fingerprint density at radius 3 is 2.39 bits per heavy atom. The number of amides is 2. The van der Waals surface area contributed by atoms with Crippen LogP contribution in [0.4, 0.5) is 16.2 Å². The summed E-state index contributed by atoms with van der Waals surface area (Å²) in [5, 5.41) is 5.75. The fourth-order valence-corrected chi connectivity index (χ4v) is 1.79. The Bertz CT molecular complexity index is 565. The van der Waals surface area contributed by atoms with Crippen molar-refractivity contribution in [2.24, 2.45) is 0 Å². The van der Waals surface area contributed by atoms with Gasteiger partial charge in [0.05, 0.1) is 11.4 Å². The van der Waals surface area contributed by atoms with E-state index < -0.39 is 11.7 Å². The number of anilines is 2. The number of ether oxygens (including phenoxy) is 1. The molecule has 23 heavy (non-hydrogen) atoms. The van der Waals surface area contributed by atoms with Gasteiger partial charge in [-0.25, -0.2) is 4.79 Å². The zero-order valence-electron chi connectivity index (χ0n) is 14.4. The molecule has 0 radical (unpaired) electrons. The summed E-state index contributed by atoms with van der Waals surface area (Å²) in [5.74, 6) is -0.102. The Morgan fingerprint density at radius 2 is 1.87 bits per heavy atom. The second kappa shape index (κ2) is 7.71. The predicted octanol–water partition coefficient (Wildman–Crippen LogP) is 1.91. The van der Waals surface area contributed by atoms with Crippen LogP contribution in [0.5, 0.6) is 0 Å². The highest BCUT2D eigenvalue weighted by atomic mass is 16.6. The normalized spacial score (nSPS) is 10.8. The van der Waals surface area contributed by atoms with E-state index in [1.54, 1.807) is 32.3 Å². The monoisotopic (exact) mass is 322 g/mol. The molecule has 0 spiro atoms. The molecule has 0 aliphatic carbocycles. The smallest absolute Gasteiger partial charge is 0.407 e. The van der Waals surface area contributed by atoms with E-state index in [9.17, 15) is 9.59 Å². The zero-order valence-corrected chi connectivity index (χ0v) is 14.4. The van der Waals surface area contributed by atoms with Crippen LogP contribution in [-0.2, 0) is 4.74 Å². The molecular weight excluding hydrogens is 296 g/mol. The minimum Gasteiger partial charge on any atom is -0.444 e. The lowest BCUT2D eigenvalue weighted by Gasteiger charge is -2.19. The van der Waals surface area contributed by atoms with Crippen LogP contribution >= 0.6 is 0 Å². The third-order valence-electron chi connectivity index (χ3n) is 2.81. The van der Waals surface area contributed by atoms with Crippen LogP contribution in [0.25, 0.3) is 0 Å². The molecule has 0 saturated carbocycles. The van der Waals surface area contributed by atoms with Gasteiger partial charge in [-0.05, 0) is 39.0 Å². The first-order valence-electron chi connectivity index (χ1n) is 7.42. The number of hydrogen-bond donors (Lipinski definition) is 3. The van der Waals surface area contributed by atoms with E-state index in [0.29, 0.717) is 30.0 Å². The maximum Gasteiger partial charge on any atom is 0.407 e. The minimum atomic E-state index is -0.517. The topological polar surface area (TPSA) is 96.7 Å². The number of nitrogens with one attached hydrogen (secondary N) is 2. The van der Waals surface area contributed by atoms with Crippen LogP contribution in [0.3, 0.4) is 0 Å². The predicted molar refractivity (Wildman–Crippen MR) is 91.6 cm³/mol. The van der Waals surface area contributed by atoms with Gasteiger partial charge in [0, 0.05) is 32.7 Å². The fourth-order valence-electron chi connectivity index (χ4n) is 1.79. The fraction of sp³-hybridized carbons (Fsp3) is 0.500. The van der Waals surface area contributed by atoms with E-state index >= 15 is 0 Å². The Balaban J connectivity index is 2.47. The number of carbonyl (C=O) groups excluding carboxylic acids is 2. The van der Waals surface area contributed by atoms with E-state index in [2.05, 4.69) is 10.6 Å². The zero-order chi connectivity index (χ0) is 17.6. The molecule has 0 saturated heterocycles. The van der Waals surface area contributed by atoms with Crippen molar-refractivity contribution < 1.29 is 14.3 Å². The van der Waals surface area contributed by atoms with E-state index in [-0.39, 0.29) is 5.91 Å². The van der Waals surface area contributed by atoms with Gasteiger partial charge in [0.25, 0.3) is 5.91 Å². The second-order valence-electron chi connectivity index (χ2n) is 6.36. The van der Waals surface area contributed by atoms with Crippen LogP contribution < -0.4 is 16.4 Å². The van der Waals surface area contributed by atoms with Gasteiger partial charge in [-0.2, -0.15) is 0 Å². The lowest BCUT2D eigenvalue weighted by atomic mass is 10.1. The van der Waals surface area contributed by atoms with Crippen molar-refractivity contribution in [3.63, 3.8) is 0 Å².